The van der Waals surface area contributed by atoms with E-state index in [9.17, 15) is 10.1 Å². The minimum absolute atomic E-state index is 0.112. The smallest absolute Gasteiger partial charge is 0.269 e. The molecule has 0 bridgehead atoms. The zero-order valence-corrected chi connectivity index (χ0v) is 10.9. The van der Waals surface area contributed by atoms with E-state index < -0.39 is 4.92 Å². The van der Waals surface area contributed by atoms with Gasteiger partial charge in [-0.3, -0.25) is 10.1 Å². The number of hydrogen-bond acceptors (Lipinski definition) is 5. The highest BCUT2D eigenvalue weighted by molar-refractivity contribution is 5.32. The number of benzene rings is 1. The van der Waals surface area contributed by atoms with Crippen molar-refractivity contribution in [2.45, 2.75) is 18.6 Å². The molecule has 6 heteroatoms. The SMILES string of the molecule is COC1(CNCc2ccc([N+](=O)[O-])cc2)CCOC1. The van der Waals surface area contributed by atoms with E-state index in [-0.39, 0.29) is 11.3 Å². The maximum Gasteiger partial charge on any atom is 0.269 e. The van der Waals surface area contributed by atoms with Crippen molar-refractivity contribution in [1.82, 2.24) is 5.32 Å². The summed E-state index contributed by atoms with van der Waals surface area (Å²) in [5.74, 6) is 0. The molecule has 1 fully saturated rings. The number of non-ortho nitro benzene ring substituents is 1. The lowest BCUT2D eigenvalue weighted by atomic mass is 10.0. The van der Waals surface area contributed by atoms with Crippen LogP contribution in [0.3, 0.4) is 0 Å². The molecule has 1 aliphatic heterocycles. The largest absolute Gasteiger partial charge is 0.378 e. The van der Waals surface area contributed by atoms with Gasteiger partial charge in [-0.15, -0.1) is 0 Å². The molecule has 19 heavy (non-hydrogen) atoms. The van der Waals surface area contributed by atoms with Crippen molar-refractivity contribution in [1.29, 1.82) is 0 Å². The molecule has 1 aromatic carbocycles. The van der Waals surface area contributed by atoms with Gasteiger partial charge in [-0.05, 0) is 5.56 Å². The highest BCUT2D eigenvalue weighted by atomic mass is 16.6. The topological polar surface area (TPSA) is 73.6 Å². The van der Waals surface area contributed by atoms with Gasteiger partial charge < -0.3 is 14.8 Å². The molecular formula is C13H18N2O4. The van der Waals surface area contributed by atoms with Crippen LogP contribution in [0.4, 0.5) is 5.69 Å². The molecule has 6 nitrogen and oxygen atoms in total. The Kier molecular flexibility index (Phi) is 4.47. The maximum absolute atomic E-state index is 10.5. The first-order chi connectivity index (χ1) is 9.15. The molecule has 1 aliphatic rings. The van der Waals surface area contributed by atoms with Gasteiger partial charge in [0.25, 0.3) is 5.69 Å². The van der Waals surface area contributed by atoms with Crippen LogP contribution in [0.15, 0.2) is 24.3 Å². The normalized spacial score (nSPS) is 22.6. The average molecular weight is 266 g/mol. The quantitative estimate of drug-likeness (QED) is 0.623. The second-order valence-corrected chi connectivity index (χ2v) is 4.72. The summed E-state index contributed by atoms with van der Waals surface area (Å²) < 4.78 is 10.9. The van der Waals surface area contributed by atoms with Crippen molar-refractivity contribution in [2.24, 2.45) is 0 Å². The first-order valence-corrected chi connectivity index (χ1v) is 6.22. The van der Waals surface area contributed by atoms with Crippen LogP contribution in [-0.4, -0.2) is 37.4 Å². The number of nitro groups is 1. The molecule has 0 amide bonds. The van der Waals surface area contributed by atoms with Crippen LogP contribution < -0.4 is 5.32 Å². The summed E-state index contributed by atoms with van der Waals surface area (Å²) in [7, 11) is 1.70. The Balaban J connectivity index is 1.83. The van der Waals surface area contributed by atoms with E-state index in [4.69, 9.17) is 9.47 Å². The summed E-state index contributed by atoms with van der Waals surface area (Å²) in [5.41, 5.74) is 0.887. The van der Waals surface area contributed by atoms with Crippen LogP contribution in [0.1, 0.15) is 12.0 Å². The predicted octanol–water partition coefficient (Wildman–Crippen LogP) is 1.49. The van der Waals surface area contributed by atoms with Crippen molar-refractivity contribution in [3.8, 4) is 0 Å². The molecule has 0 aromatic heterocycles. The summed E-state index contributed by atoms with van der Waals surface area (Å²) in [4.78, 5) is 10.1. The highest BCUT2D eigenvalue weighted by Gasteiger charge is 2.34. The average Bonchev–Trinajstić information content (AvgIpc) is 2.89. The first kappa shape index (κ1) is 13.9. The third kappa shape index (κ3) is 3.50. The molecule has 1 heterocycles. The van der Waals surface area contributed by atoms with Gasteiger partial charge in [0.2, 0.25) is 0 Å². The van der Waals surface area contributed by atoms with E-state index in [1.807, 2.05) is 0 Å². The summed E-state index contributed by atoms with van der Waals surface area (Å²) in [5, 5.41) is 13.8. The number of methoxy groups -OCH3 is 1. The molecule has 1 N–H and O–H groups in total. The monoisotopic (exact) mass is 266 g/mol. The van der Waals surface area contributed by atoms with E-state index in [1.54, 1.807) is 19.2 Å². The van der Waals surface area contributed by atoms with Crippen LogP contribution in [0, 0.1) is 10.1 Å². The van der Waals surface area contributed by atoms with Gasteiger partial charge in [0.15, 0.2) is 0 Å². The molecule has 0 aliphatic carbocycles. The van der Waals surface area contributed by atoms with Crippen LogP contribution in [-0.2, 0) is 16.0 Å². The van der Waals surface area contributed by atoms with E-state index in [0.29, 0.717) is 19.7 Å². The molecule has 1 atom stereocenters. The fraction of sp³-hybridized carbons (Fsp3) is 0.538. The molecule has 2 rings (SSSR count). The fourth-order valence-electron chi connectivity index (χ4n) is 2.13. The Hall–Kier alpha value is -1.50. The summed E-state index contributed by atoms with van der Waals surface area (Å²) in [6.45, 7) is 2.70. The summed E-state index contributed by atoms with van der Waals surface area (Å²) in [6.07, 6.45) is 0.886. The Morgan fingerprint density at radius 3 is 2.74 bits per heavy atom. The van der Waals surface area contributed by atoms with E-state index in [1.165, 1.54) is 12.1 Å². The molecule has 0 spiro atoms. The van der Waals surface area contributed by atoms with Crippen LogP contribution in [0.5, 0.6) is 0 Å². The van der Waals surface area contributed by atoms with Crippen molar-refractivity contribution in [3.63, 3.8) is 0 Å². The summed E-state index contributed by atoms with van der Waals surface area (Å²) in [6, 6.07) is 6.55. The molecule has 1 saturated heterocycles. The number of nitrogens with one attached hydrogen (secondary N) is 1. The zero-order valence-electron chi connectivity index (χ0n) is 10.9. The third-order valence-electron chi connectivity index (χ3n) is 3.42. The van der Waals surface area contributed by atoms with Crippen LogP contribution in [0.2, 0.25) is 0 Å². The minimum Gasteiger partial charge on any atom is -0.378 e. The Bertz CT molecular complexity index is 427. The van der Waals surface area contributed by atoms with Gasteiger partial charge in [-0.2, -0.15) is 0 Å². The number of nitrogens with zero attached hydrogens (tertiary/aromatic N) is 1. The molecule has 1 unspecified atom stereocenters. The molecule has 104 valence electrons. The van der Waals surface area contributed by atoms with E-state index in [0.717, 1.165) is 18.6 Å². The molecule has 1 aromatic rings. The van der Waals surface area contributed by atoms with Crippen molar-refractivity contribution >= 4 is 5.69 Å². The van der Waals surface area contributed by atoms with E-state index in [2.05, 4.69) is 5.32 Å². The number of hydrogen-bond donors (Lipinski definition) is 1. The van der Waals surface area contributed by atoms with Gasteiger partial charge in [0.05, 0.1) is 11.5 Å². The summed E-state index contributed by atoms with van der Waals surface area (Å²) >= 11 is 0. The Morgan fingerprint density at radius 1 is 1.47 bits per heavy atom. The van der Waals surface area contributed by atoms with Gasteiger partial charge in [-0.1, -0.05) is 12.1 Å². The van der Waals surface area contributed by atoms with Crippen LogP contribution >= 0.6 is 0 Å². The van der Waals surface area contributed by atoms with Crippen molar-refractivity contribution < 1.29 is 14.4 Å². The third-order valence-corrected chi connectivity index (χ3v) is 3.42. The van der Waals surface area contributed by atoms with Crippen molar-refractivity contribution in [3.05, 3.63) is 39.9 Å². The number of nitro benzene ring substituents is 1. The second-order valence-electron chi connectivity index (χ2n) is 4.72. The van der Waals surface area contributed by atoms with Gasteiger partial charge in [0.1, 0.15) is 5.60 Å². The van der Waals surface area contributed by atoms with Gasteiger partial charge >= 0.3 is 0 Å². The van der Waals surface area contributed by atoms with E-state index >= 15 is 0 Å². The molecule has 0 saturated carbocycles. The number of ether oxygens (including phenoxy) is 2. The maximum atomic E-state index is 10.5. The lowest BCUT2D eigenvalue weighted by molar-refractivity contribution is -0.384. The van der Waals surface area contributed by atoms with Gasteiger partial charge in [-0.25, -0.2) is 0 Å². The molecular weight excluding hydrogens is 248 g/mol. The highest BCUT2D eigenvalue weighted by Crippen LogP contribution is 2.21. The standard InChI is InChI=1S/C13H18N2O4/c1-18-13(6-7-19-10-13)9-14-8-11-2-4-12(5-3-11)15(16)17/h2-5,14H,6-10H2,1H3. The fourth-order valence-corrected chi connectivity index (χ4v) is 2.13. The van der Waals surface area contributed by atoms with Gasteiger partial charge in [0, 0.05) is 45.4 Å². The lowest BCUT2D eigenvalue weighted by Gasteiger charge is -2.26. The first-order valence-electron chi connectivity index (χ1n) is 6.22. The number of rotatable bonds is 6. The zero-order chi connectivity index (χ0) is 13.7. The predicted molar refractivity (Wildman–Crippen MR) is 70.0 cm³/mol. The Morgan fingerprint density at radius 2 is 2.21 bits per heavy atom. The molecule has 0 radical (unpaired) electrons. The lowest BCUT2D eigenvalue weighted by Crippen LogP contribution is -2.42. The van der Waals surface area contributed by atoms with Crippen LogP contribution in [0.25, 0.3) is 0 Å². The van der Waals surface area contributed by atoms with Crippen molar-refractivity contribution in [2.75, 3.05) is 26.9 Å². The minimum atomic E-state index is -0.396. The second kappa shape index (κ2) is 6.10. The Labute approximate surface area is 111 Å².